The molecule has 2 N–H and O–H groups in total. The third-order valence-corrected chi connectivity index (χ3v) is 3.48. The predicted molar refractivity (Wildman–Crippen MR) is 78.3 cm³/mol. The Kier molecular flexibility index (Phi) is 5.30. The number of hydrogen-bond acceptors (Lipinski definition) is 4. The van der Waals surface area contributed by atoms with Crippen molar-refractivity contribution in [2.45, 2.75) is 13.0 Å². The molecule has 0 aliphatic heterocycles. The number of aromatic nitrogens is 1. The fourth-order valence-corrected chi connectivity index (χ4v) is 2.34. The second-order valence-electron chi connectivity index (χ2n) is 3.95. The molecule has 0 unspecified atom stereocenters. The largest absolute Gasteiger partial charge is 0.395 e. The van der Waals surface area contributed by atoms with E-state index in [9.17, 15) is 4.79 Å². The van der Waals surface area contributed by atoms with Crippen molar-refractivity contribution in [1.29, 1.82) is 0 Å². The number of nitrogens with one attached hydrogen (secondary N) is 1. The topological polar surface area (TPSA) is 62.2 Å². The van der Waals surface area contributed by atoms with E-state index in [0.717, 1.165) is 10.4 Å². The summed E-state index contributed by atoms with van der Waals surface area (Å²) in [7, 11) is 0. The Morgan fingerprint density at radius 3 is 2.90 bits per heavy atom. The zero-order valence-electron chi connectivity index (χ0n) is 10.8. The molecule has 0 atom stereocenters. The van der Waals surface area contributed by atoms with Crippen LogP contribution in [0.1, 0.15) is 27.2 Å². The Morgan fingerprint density at radius 2 is 2.15 bits per heavy atom. The predicted octanol–water partition coefficient (Wildman–Crippen LogP) is 1.81. The van der Waals surface area contributed by atoms with E-state index in [1.807, 2.05) is 11.4 Å². The van der Waals surface area contributed by atoms with Crippen LogP contribution in [0.3, 0.4) is 0 Å². The molecule has 0 bridgehead atoms. The summed E-state index contributed by atoms with van der Waals surface area (Å²) in [4.78, 5) is 16.8. The summed E-state index contributed by atoms with van der Waals surface area (Å²) in [6.45, 7) is 0.507. The number of amides is 1. The Balaban J connectivity index is 1.97. The number of thiophene rings is 1. The lowest BCUT2D eigenvalue weighted by atomic mass is 10.2. The Hall–Kier alpha value is -2.16. The first-order valence-corrected chi connectivity index (χ1v) is 7.03. The van der Waals surface area contributed by atoms with Crippen LogP contribution in [0.15, 0.2) is 36.0 Å². The zero-order chi connectivity index (χ0) is 14.2. The molecule has 1 amide bonds. The summed E-state index contributed by atoms with van der Waals surface area (Å²) in [6, 6.07) is 5.26. The van der Waals surface area contributed by atoms with Gasteiger partial charge in [0.15, 0.2) is 0 Å². The van der Waals surface area contributed by atoms with Crippen molar-refractivity contribution < 1.29 is 9.90 Å². The monoisotopic (exact) mass is 286 g/mol. The quantitative estimate of drug-likeness (QED) is 0.843. The van der Waals surface area contributed by atoms with Crippen molar-refractivity contribution in [1.82, 2.24) is 10.3 Å². The molecule has 2 rings (SSSR count). The van der Waals surface area contributed by atoms with E-state index >= 15 is 0 Å². The van der Waals surface area contributed by atoms with Crippen molar-refractivity contribution in [3.8, 4) is 11.8 Å². The third-order valence-electron chi connectivity index (χ3n) is 2.56. The van der Waals surface area contributed by atoms with E-state index < -0.39 is 0 Å². The molecule has 0 saturated heterocycles. The average Bonchev–Trinajstić information content (AvgIpc) is 2.93. The highest BCUT2D eigenvalue weighted by Crippen LogP contribution is 2.15. The standard InChI is InChI=1S/C15H14N2O2S/c18-9-2-1-3-12-6-10-20-14(12)11-17-15(19)13-4-7-16-8-5-13/h4-8,10,18H,2,9,11H2,(H,17,19). The molecule has 102 valence electrons. The molecule has 0 spiro atoms. The highest BCUT2D eigenvalue weighted by Gasteiger charge is 2.07. The summed E-state index contributed by atoms with van der Waals surface area (Å²) in [5, 5.41) is 13.5. The van der Waals surface area contributed by atoms with Gasteiger partial charge in [0.1, 0.15) is 0 Å². The van der Waals surface area contributed by atoms with Gasteiger partial charge in [-0.05, 0) is 23.6 Å². The molecule has 20 heavy (non-hydrogen) atoms. The highest BCUT2D eigenvalue weighted by molar-refractivity contribution is 7.10. The van der Waals surface area contributed by atoms with Crippen molar-refractivity contribution in [3.05, 3.63) is 52.0 Å². The van der Waals surface area contributed by atoms with Gasteiger partial charge in [0, 0.05) is 34.8 Å². The van der Waals surface area contributed by atoms with Gasteiger partial charge in [-0.25, -0.2) is 0 Å². The summed E-state index contributed by atoms with van der Waals surface area (Å²) in [5.74, 6) is 5.75. The molecule has 0 aromatic carbocycles. The normalized spacial score (nSPS) is 9.65. The lowest BCUT2D eigenvalue weighted by molar-refractivity contribution is 0.0951. The minimum absolute atomic E-state index is 0.0608. The lowest BCUT2D eigenvalue weighted by Gasteiger charge is -2.03. The van der Waals surface area contributed by atoms with Gasteiger partial charge in [0.2, 0.25) is 0 Å². The van der Waals surface area contributed by atoms with Crippen LogP contribution in [0.5, 0.6) is 0 Å². The van der Waals surface area contributed by atoms with Crippen molar-refractivity contribution in [3.63, 3.8) is 0 Å². The van der Waals surface area contributed by atoms with Crippen LogP contribution in [0.2, 0.25) is 0 Å². The fourth-order valence-electron chi connectivity index (χ4n) is 1.57. The Labute approximate surface area is 121 Å². The maximum atomic E-state index is 11.9. The number of rotatable bonds is 4. The maximum absolute atomic E-state index is 11.9. The van der Waals surface area contributed by atoms with Crippen LogP contribution in [-0.2, 0) is 6.54 Å². The Bertz CT molecular complexity index is 626. The molecule has 2 heterocycles. The van der Waals surface area contributed by atoms with Gasteiger partial charge in [-0.15, -0.1) is 11.3 Å². The molecule has 5 heteroatoms. The van der Waals surface area contributed by atoms with Crippen LogP contribution in [0.4, 0.5) is 0 Å². The van der Waals surface area contributed by atoms with E-state index in [1.165, 1.54) is 0 Å². The summed E-state index contributed by atoms with van der Waals surface area (Å²) in [6.07, 6.45) is 3.64. The number of nitrogens with zero attached hydrogens (tertiary/aromatic N) is 1. The Morgan fingerprint density at radius 1 is 1.35 bits per heavy atom. The molecule has 4 nitrogen and oxygen atoms in total. The highest BCUT2D eigenvalue weighted by atomic mass is 32.1. The van der Waals surface area contributed by atoms with Crippen LogP contribution in [0.25, 0.3) is 0 Å². The van der Waals surface area contributed by atoms with Crippen molar-refractivity contribution >= 4 is 17.2 Å². The van der Waals surface area contributed by atoms with Crippen LogP contribution in [0, 0.1) is 11.8 Å². The maximum Gasteiger partial charge on any atom is 0.251 e. The molecular formula is C15H14N2O2S. The number of hydrogen-bond donors (Lipinski definition) is 2. The molecule has 0 aliphatic rings. The number of aliphatic hydroxyl groups excluding tert-OH is 1. The van der Waals surface area contributed by atoms with Crippen LogP contribution in [-0.4, -0.2) is 22.6 Å². The molecule has 0 saturated carbocycles. The average molecular weight is 286 g/mol. The first-order chi connectivity index (χ1) is 9.81. The van der Waals surface area contributed by atoms with E-state index in [2.05, 4.69) is 22.1 Å². The minimum Gasteiger partial charge on any atom is -0.395 e. The van der Waals surface area contributed by atoms with Gasteiger partial charge >= 0.3 is 0 Å². The molecular weight excluding hydrogens is 272 g/mol. The first-order valence-electron chi connectivity index (χ1n) is 6.15. The molecule has 2 aromatic heterocycles. The minimum atomic E-state index is -0.130. The molecule has 0 radical (unpaired) electrons. The van der Waals surface area contributed by atoms with E-state index in [-0.39, 0.29) is 12.5 Å². The smallest absolute Gasteiger partial charge is 0.251 e. The molecule has 0 fully saturated rings. The fraction of sp³-hybridized carbons (Fsp3) is 0.200. The van der Waals surface area contributed by atoms with Gasteiger partial charge in [-0.2, -0.15) is 0 Å². The van der Waals surface area contributed by atoms with Gasteiger partial charge in [0.05, 0.1) is 13.2 Å². The summed E-state index contributed by atoms with van der Waals surface area (Å²) < 4.78 is 0. The summed E-state index contributed by atoms with van der Waals surface area (Å²) >= 11 is 1.55. The second kappa shape index (κ2) is 7.43. The lowest BCUT2D eigenvalue weighted by Crippen LogP contribution is -2.22. The summed E-state index contributed by atoms with van der Waals surface area (Å²) in [5.41, 5.74) is 1.49. The number of pyridine rings is 1. The second-order valence-corrected chi connectivity index (χ2v) is 4.95. The number of carbonyl (C=O) groups is 1. The van der Waals surface area contributed by atoms with E-state index in [4.69, 9.17) is 5.11 Å². The van der Waals surface area contributed by atoms with E-state index in [1.54, 1.807) is 35.9 Å². The van der Waals surface area contributed by atoms with Crippen molar-refractivity contribution in [2.24, 2.45) is 0 Å². The SMILES string of the molecule is O=C(NCc1sccc1C#CCCO)c1ccncc1. The number of carbonyl (C=O) groups excluding carboxylic acids is 1. The third kappa shape index (κ3) is 3.92. The van der Waals surface area contributed by atoms with Crippen LogP contribution < -0.4 is 5.32 Å². The van der Waals surface area contributed by atoms with E-state index in [0.29, 0.717) is 18.5 Å². The number of aliphatic hydroxyl groups is 1. The van der Waals surface area contributed by atoms with Gasteiger partial charge in [-0.1, -0.05) is 11.8 Å². The van der Waals surface area contributed by atoms with Gasteiger partial charge in [-0.3, -0.25) is 9.78 Å². The van der Waals surface area contributed by atoms with Crippen LogP contribution >= 0.6 is 11.3 Å². The zero-order valence-corrected chi connectivity index (χ0v) is 11.6. The van der Waals surface area contributed by atoms with Crippen molar-refractivity contribution in [2.75, 3.05) is 6.61 Å². The molecule has 2 aromatic rings. The first kappa shape index (κ1) is 14.3. The van der Waals surface area contributed by atoms with Gasteiger partial charge in [0.25, 0.3) is 5.91 Å². The molecule has 0 aliphatic carbocycles. The van der Waals surface area contributed by atoms with Gasteiger partial charge < -0.3 is 10.4 Å².